The molecule has 0 unspecified atom stereocenters. The normalized spacial score (nSPS) is 21.0. The molecule has 2 heterocycles. The second-order valence-corrected chi connectivity index (χ2v) is 6.17. The number of nitrogens with one attached hydrogen (secondary N) is 2. The summed E-state index contributed by atoms with van der Waals surface area (Å²) in [4.78, 5) is 26.0. The molecule has 2 amide bonds. The van der Waals surface area contributed by atoms with Crippen molar-refractivity contribution in [2.24, 2.45) is 0 Å². The first-order valence-electron chi connectivity index (χ1n) is 8.52. The highest BCUT2D eigenvalue weighted by atomic mass is 19.1. The molecule has 0 aromatic heterocycles. The number of amides is 2. The van der Waals surface area contributed by atoms with Crippen molar-refractivity contribution in [3.63, 3.8) is 0 Å². The Labute approximate surface area is 146 Å². The maximum Gasteiger partial charge on any atom is 0.337 e. The topological polar surface area (TPSA) is 70.7 Å². The molecule has 2 aliphatic rings. The van der Waals surface area contributed by atoms with E-state index in [1.165, 1.54) is 6.07 Å². The number of esters is 1. The number of carbonyl (C=O) groups is 2. The van der Waals surface area contributed by atoms with Crippen molar-refractivity contribution in [2.75, 3.05) is 26.2 Å². The average Bonchev–Trinajstić information content (AvgIpc) is 3.03. The molecular weight excluding hydrogens is 325 g/mol. The number of urea groups is 1. The fraction of sp³-hybridized carbons (Fsp3) is 0.444. The number of ether oxygens (including phenoxy) is 1. The molecule has 2 aliphatic heterocycles. The van der Waals surface area contributed by atoms with Crippen LogP contribution in [0.3, 0.4) is 0 Å². The zero-order valence-corrected chi connectivity index (χ0v) is 14.2. The van der Waals surface area contributed by atoms with Crippen LogP contribution < -0.4 is 10.6 Å². The minimum absolute atomic E-state index is 0.0680. The van der Waals surface area contributed by atoms with E-state index < -0.39 is 5.97 Å². The summed E-state index contributed by atoms with van der Waals surface area (Å²) in [5.74, 6) is -0.683. The molecule has 1 saturated heterocycles. The number of likely N-dealkylation sites (tertiary alicyclic amines) is 1. The van der Waals surface area contributed by atoms with Crippen molar-refractivity contribution >= 4 is 12.0 Å². The summed E-state index contributed by atoms with van der Waals surface area (Å²) < 4.78 is 18.6. The van der Waals surface area contributed by atoms with Crippen LogP contribution >= 0.6 is 0 Å². The molecule has 1 aromatic rings. The van der Waals surface area contributed by atoms with Crippen molar-refractivity contribution in [3.05, 3.63) is 46.9 Å². The van der Waals surface area contributed by atoms with Gasteiger partial charge in [-0.05, 0) is 44.0 Å². The van der Waals surface area contributed by atoms with Gasteiger partial charge in [0.2, 0.25) is 0 Å². The third-order valence-electron chi connectivity index (χ3n) is 4.53. The van der Waals surface area contributed by atoms with Crippen LogP contribution in [-0.2, 0) is 9.53 Å². The molecule has 3 rings (SSSR count). The van der Waals surface area contributed by atoms with Gasteiger partial charge in [-0.2, -0.15) is 0 Å². The number of rotatable bonds is 5. The standard InChI is InChI=1S/C18H22FN3O3/c1-2-25-17(23)14-10-20-18(24)21-15(14)11-22-8-4-7-16(22)12-5-3-6-13(19)9-12/h3,5-6,9,16H,2,4,7-8,10-11H2,1H3,(H2,20,21,24)/t16-/m0/s1. The Hall–Kier alpha value is -2.41. The first kappa shape index (κ1) is 17.4. The largest absolute Gasteiger partial charge is 0.463 e. The summed E-state index contributed by atoms with van der Waals surface area (Å²) in [7, 11) is 0. The van der Waals surface area contributed by atoms with Gasteiger partial charge in [0.1, 0.15) is 5.82 Å². The van der Waals surface area contributed by atoms with E-state index in [1.54, 1.807) is 19.1 Å². The number of benzene rings is 1. The quantitative estimate of drug-likeness (QED) is 0.800. The third-order valence-corrected chi connectivity index (χ3v) is 4.53. The molecule has 134 valence electrons. The van der Waals surface area contributed by atoms with Gasteiger partial charge in [-0.15, -0.1) is 0 Å². The van der Waals surface area contributed by atoms with Gasteiger partial charge in [-0.3, -0.25) is 4.90 Å². The second-order valence-electron chi connectivity index (χ2n) is 6.17. The van der Waals surface area contributed by atoms with E-state index in [9.17, 15) is 14.0 Å². The van der Waals surface area contributed by atoms with Crippen molar-refractivity contribution in [1.29, 1.82) is 0 Å². The zero-order chi connectivity index (χ0) is 17.8. The third kappa shape index (κ3) is 3.99. The number of halogens is 1. The van der Waals surface area contributed by atoms with Crippen molar-refractivity contribution in [3.8, 4) is 0 Å². The first-order chi connectivity index (χ1) is 12.1. The van der Waals surface area contributed by atoms with E-state index in [-0.39, 0.29) is 31.0 Å². The molecule has 2 N–H and O–H groups in total. The highest BCUT2D eigenvalue weighted by molar-refractivity contribution is 5.93. The predicted octanol–water partition coefficient (Wildman–Crippen LogP) is 2.09. The molecular formula is C18H22FN3O3. The molecule has 0 bridgehead atoms. The van der Waals surface area contributed by atoms with E-state index in [2.05, 4.69) is 15.5 Å². The maximum absolute atomic E-state index is 13.6. The van der Waals surface area contributed by atoms with E-state index in [0.717, 1.165) is 24.9 Å². The molecule has 6 nitrogen and oxygen atoms in total. The van der Waals surface area contributed by atoms with Gasteiger partial charge in [-0.1, -0.05) is 12.1 Å². The monoisotopic (exact) mass is 347 g/mol. The highest BCUT2D eigenvalue weighted by Crippen LogP contribution is 2.32. The van der Waals surface area contributed by atoms with Gasteiger partial charge < -0.3 is 15.4 Å². The lowest BCUT2D eigenvalue weighted by atomic mass is 10.0. The predicted molar refractivity (Wildman–Crippen MR) is 90.1 cm³/mol. The van der Waals surface area contributed by atoms with E-state index in [0.29, 0.717) is 17.8 Å². The van der Waals surface area contributed by atoms with Crippen LogP contribution in [0.25, 0.3) is 0 Å². The summed E-state index contributed by atoms with van der Waals surface area (Å²) >= 11 is 0. The Morgan fingerprint density at radius 3 is 3.04 bits per heavy atom. The number of nitrogens with zero attached hydrogens (tertiary/aromatic N) is 1. The Morgan fingerprint density at radius 2 is 2.28 bits per heavy atom. The van der Waals surface area contributed by atoms with Crippen LogP contribution in [-0.4, -0.2) is 43.1 Å². The molecule has 1 atom stereocenters. The molecule has 0 aliphatic carbocycles. The van der Waals surface area contributed by atoms with Gasteiger partial charge in [-0.25, -0.2) is 14.0 Å². The first-order valence-corrected chi connectivity index (χ1v) is 8.52. The Morgan fingerprint density at radius 1 is 1.44 bits per heavy atom. The Kier molecular flexibility index (Phi) is 5.33. The van der Waals surface area contributed by atoms with Crippen LogP contribution in [0.1, 0.15) is 31.4 Å². The van der Waals surface area contributed by atoms with E-state index >= 15 is 0 Å². The maximum atomic E-state index is 13.6. The number of hydrogen-bond donors (Lipinski definition) is 2. The smallest absolute Gasteiger partial charge is 0.337 e. The fourth-order valence-electron chi connectivity index (χ4n) is 3.39. The summed E-state index contributed by atoms with van der Waals surface area (Å²) in [6.45, 7) is 3.41. The average molecular weight is 347 g/mol. The molecule has 1 fully saturated rings. The van der Waals surface area contributed by atoms with E-state index in [1.807, 2.05) is 6.07 Å². The second kappa shape index (κ2) is 7.65. The number of carbonyl (C=O) groups excluding carboxylic acids is 2. The van der Waals surface area contributed by atoms with Gasteiger partial charge in [0.15, 0.2) is 0 Å². The van der Waals surface area contributed by atoms with Gasteiger partial charge in [0, 0.05) is 18.3 Å². The van der Waals surface area contributed by atoms with Crippen LogP contribution in [0.15, 0.2) is 35.5 Å². The van der Waals surface area contributed by atoms with Crippen molar-refractivity contribution in [1.82, 2.24) is 15.5 Å². The lowest BCUT2D eigenvalue weighted by Gasteiger charge is -2.29. The van der Waals surface area contributed by atoms with Crippen LogP contribution in [0.2, 0.25) is 0 Å². The minimum Gasteiger partial charge on any atom is -0.463 e. The summed E-state index contributed by atoms with van der Waals surface area (Å²) in [6.07, 6.45) is 1.90. The molecule has 1 aromatic carbocycles. The molecule has 25 heavy (non-hydrogen) atoms. The highest BCUT2D eigenvalue weighted by Gasteiger charge is 2.30. The van der Waals surface area contributed by atoms with Crippen molar-refractivity contribution in [2.45, 2.75) is 25.8 Å². The fourth-order valence-corrected chi connectivity index (χ4v) is 3.39. The zero-order valence-electron chi connectivity index (χ0n) is 14.2. The van der Waals surface area contributed by atoms with Crippen LogP contribution in [0.5, 0.6) is 0 Å². The van der Waals surface area contributed by atoms with Crippen LogP contribution in [0.4, 0.5) is 9.18 Å². The Bertz CT molecular complexity index is 705. The molecule has 0 radical (unpaired) electrons. The summed E-state index contributed by atoms with van der Waals surface area (Å²) in [6, 6.07) is 6.33. The lowest BCUT2D eigenvalue weighted by molar-refractivity contribution is -0.138. The lowest BCUT2D eigenvalue weighted by Crippen LogP contribution is -2.46. The molecule has 0 saturated carbocycles. The SMILES string of the molecule is CCOC(=O)C1=C(CN2CCC[C@H]2c2cccc(F)c2)NC(=O)NC1. The van der Waals surface area contributed by atoms with E-state index in [4.69, 9.17) is 4.74 Å². The van der Waals surface area contributed by atoms with Gasteiger partial charge >= 0.3 is 12.0 Å². The van der Waals surface area contributed by atoms with Gasteiger partial charge in [0.05, 0.1) is 18.7 Å². The van der Waals surface area contributed by atoms with Crippen molar-refractivity contribution < 1.29 is 18.7 Å². The van der Waals surface area contributed by atoms with Gasteiger partial charge in [0.25, 0.3) is 0 Å². The molecule has 0 spiro atoms. The minimum atomic E-state index is -0.425. The molecule has 7 heteroatoms. The summed E-state index contributed by atoms with van der Waals surface area (Å²) in [5.41, 5.74) is 1.91. The van der Waals surface area contributed by atoms with Crippen LogP contribution in [0, 0.1) is 5.82 Å². The number of hydrogen-bond acceptors (Lipinski definition) is 4. The Balaban J connectivity index is 1.82. The summed E-state index contributed by atoms with van der Waals surface area (Å²) in [5, 5.41) is 5.33.